The second kappa shape index (κ2) is 2.62. The lowest BCUT2D eigenvalue weighted by Gasteiger charge is -2.30. The maximum absolute atomic E-state index is 5.34. The Kier molecular flexibility index (Phi) is 2.00. The molecule has 0 bridgehead atoms. The number of rotatable bonds is 1. The molecular weight excluding hydrogens is 128 g/mol. The van der Waals surface area contributed by atoms with Crippen LogP contribution in [0.4, 0.5) is 0 Å². The van der Waals surface area contributed by atoms with Gasteiger partial charge in [-0.15, -0.1) is 0 Å². The van der Waals surface area contributed by atoms with Gasteiger partial charge in [-0.3, -0.25) is 0 Å². The summed E-state index contributed by atoms with van der Waals surface area (Å²) in [4.78, 5) is 0. The van der Waals surface area contributed by atoms with Crippen molar-refractivity contribution in [3.63, 3.8) is 0 Å². The molecule has 0 aromatic carbocycles. The SMILES string of the molecule is COC1(C)CCC(C)=CO1. The van der Waals surface area contributed by atoms with Crippen molar-refractivity contribution in [2.45, 2.75) is 32.5 Å². The topological polar surface area (TPSA) is 18.5 Å². The third-order valence-electron chi connectivity index (χ3n) is 1.91. The predicted molar refractivity (Wildman–Crippen MR) is 39.5 cm³/mol. The van der Waals surface area contributed by atoms with Gasteiger partial charge in [-0.25, -0.2) is 0 Å². The van der Waals surface area contributed by atoms with Crippen LogP contribution in [0.25, 0.3) is 0 Å². The molecule has 0 saturated heterocycles. The highest BCUT2D eigenvalue weighted by Gasteiger charge is 2.26. The quantitative estimate of drug-likeness (QED) is 0.558. The zero-order valence-electron chi connectivity index (χ0n) is 6.81. The number of allylic oxidation sites excluding steroid dienone is 1. The minimum Gasteiger partial charge on any atom is -0.470 e. The van der Waals surface area contributed by atoms with Crippen LogP contribution in [0, 0.1) is 0 Å². The summed E-state index contributed by atoms with van der Waals surface area (Å²) in [5.74, 6) is -0.375. The van der Waals surface area contributed by atoms with Gasteiger partial charge >= 0.3 is 0 Å². The van der Waals surface area contributed by atoms with Gasteiger partial charge < -0.3 is 9.47 Å². The van der Waals surface area contributed by atoms with Gasteiger partial charge in [0.05, 0.1) is 6.26 Å². The molecule has 2 nitrogen and oxygen atoms in total. The van der Waals surface area contributed by atoms with E-state index in [4.69, 9.17) is 9.47 Å². The minimum atomic E-state index is -0.375. The molecule has 0 fully saturated rings. The number of methoxy groups -OCH3 is 1. The standard InChI is InChI=1S/C8H14O2/c1-7-4-5-8(2,9-3)10-6-7/h6H,4-5H2,1-3H3. The third-order valence-corrected chi connectivity index (χ3v) is 1.91. The molecule has 1 aliphatic rings. The van der Waals surface area contributed by atoms with Gasteiger partial charge in [0.1, 0.15) is 0 Å². The van der Waals surface area contributed by atoms with Crippen molar-refractivity contribution < 1.29 is 9.47 Å². The fraction of sp³-hybridized carbons (Fsp3) is 0.750. The number of ether oxygens (including phenoxy) is 2. The van der Waals surface area contributed by atoms with Gasteiger partial charge in [-0.2, -0.15) is 0 Å². The summed E-state index contributed by atoms with van der Waals surface area (Å²) in [5.41, 5.74) is 1.29. The summed E-state index contributed by atoms with van der Waals surface area (Å²) in [6.45, 7) is 4.02. The molecular formula is C8H14O2. The van der Waals surface area contributed by atoms with Crippen LogP contribution in [-0.2, 0) is 9.47 Å². The van der Waals surface area contributed by atoms with Crippen molar-refractivity contribution in [1.82, 2.24) is 0 Å². The summed E-state index contributed by atoms with van der Waals surface area (Å²) < 4.78 is 10.5. The Morgan fingerprint density at radius 2 is 2.40 bits per heavy atom. The Morgan fingerprint density at radius 1 is 1.70 bits per heavy atom. The van der Waals surface area contributed by atoms with Crippen molar-refractivity contribution in [2.24, 2.45) is 0 Å². The van der Waals surface area contributed by atoms with E-state index < -0.39 is 0 Å². The monoisotopic (exact) mass is 142 g/mol. The summed E-state index contributed by atoms with van der Waals surface area (Å²) >= 11 is 0. The zero-order valence-corrected chi connectivity index (χ0v) is 6.81. The Balaban J connectivity index is 2.56. The largest absolute Gasteiger partial charge is 0.470 e. The van der Waals surface area contributed by atoms with E-state index in [2.05, 4.69) is 6.92 Å². The highest BCUT2D eigenvalue weighted by Crippen LogP contribution is 2.26. The average Bonchev–Trinajstić information content (AvgIpc) is 1.96. The van der Waals surface area contributed by atoms with Gasteiger partial charge in [0.25, 0.3) is 0 Å². The summed E-state index contributed by atoms with van der Waals surface area (Å²) in [6.07, 6.45) is 3.81. The first-order valence-electron chi connectivity index (χ1n) is 3.55. The van der Waals surface area contributed by atoms with Gasteiger partial charge in [0, 0.05) is 20.5 Å². The molecule has 1 unspecified atom stereocenters. The van der Waals surface area contributed by atoms with Crippen LogP contribution in [0.2, 0.25) is 0 Å². The first kappa shape index (κ1) is 7.61. The van der Waals surface area contributed by atoms with Crippen molar-refractivity contribution in [1.29, 1.82) is 0 Å². The van der Waals surface area contributed by atoms with Crippen molar-refractivity contribution >= 4 is 0 Å². The first-order valence-corrected chi connectivity index (χ1v) is 3.55. The van der Waals surface area contributed by atoms with Crippen molar-refractivity contribution in [2.75, 3.05) is 7.11 Å². The highest BCUT2D eigenvalue weighted by atomic mass is 16.7. The summed E-state index contributed by atoms with van der Waals surface area (Å²) in [7, 11) is 1.68. The van der Waals surface area contributed by atoms with Crippen LogP contribution in [0.3, 0.4) is 0 Å². The van der Waals surface area contributed by atoms with E-state index in [1.165, 1.54) is 5.57 Å². The minimum absolute atomic E-state index is 0.375. The third kappa shape index (κ3) is 1.51. The average molecular weight is 142 g/mol. The van der Waals surface area contributed by atoms with E-state index in [1.54, 1.807) is 13.4 Å². The lowest BCUT2D eigenvalue weighted by molar-refractivity contribution is -0.186. The second-order valence-electron chi connectivity index (χ2n) is 2.92. The molecule has 1 aliphatic heterocycles. The predicted octanol–water partition coefficient (Wildman–Crippen LogP) is 2.06. The molecule has 1 heterocycles. The van der Waals surface area contributed by atoms with Gasteiger partial charge in [0.15, 0.2) is 0 Å². The van der Waals surface area contributed by atoms with Gasteiger partial charge in [0.2, 0.25) is 5.79 Å². The Morgan fingerprint density at radius 3 is 2.80 bits per heavy atom. The van der Waals surface area contributed by atoms with Crippen LogP contribution in [-0.4, -0.2) is 12.9 Å². The molecule has 0 aliphatic carbocycles. The molecule has 0 N–H and O–H groups in total. The number of hydrogen-bond donors (Lipinski definition) is 0. The fourth-order valence-corrected chi connectivity index (χ4v) is 0.917. The normalized spacial score (nSPS) is 32.9. The molecule has 10 heavy (non-hydrogen) atoms. The van der Waals surface area contributed by atoms with Crippen LogP contribution in [0.15, 0.2) is 11.8 Å². The van der Waals surface area contributed by atoms with Crippen LogP contribution in [0.1, 0.15) is 26.7 Å². The highest BCUT2D eigenvalue weighted by molar-refractivity contribution is 4.98. The molecule has 2 heteroatoms. The molecule has 1 atom stereocenters. The first-order chi connectivity index (χ1) is 4.66. The summed E-state index contributed by atoms with van der Waals surface area (Å²) in [6, 6.07) is 0. The van der Waals surface area contributed by atoms with E-state index in [1.807, 2.05) is 6.92 Å². The van der Waals surface area contributed by atoms with E-state index in [9.17, 15) is 0 Å². The van der Waals surface area contributed by atoms with E-state index in [-0.39, 0.29) is 5.79 Å². The molecule has 0 radical (unpaired) electrons. The van der Waals surface area contributed by atoms with Crippen LogP contribution < -0.4 is 0 Å². The number of hydrogen-bond acceptors (Lipinski definition) is 2. The van der Waals surface area contributed by atoms with Gasteiger partial charge in [-0.05, 0) is 18.9 Å². The Hall–Kier alpha value is -0.500. The molecule has 0 aromatic heterocycles. The molecule has 0 spiro atoms. The lowest BCUT2D eigenvalue weighted by Crippen LogP contribution is -2.31. The molecule has 0 saturated carbocycles. The smallest absolute Gasteiger partial charge is 0.206 e. The van der Waals surface area contributed by atoms with Gasteiger partial charge in [-0.1, -0.05) is 0 Å². The maximum atomic E-state index is 5.34. The summed E-state index contributed by atoms with van der Waals surface area (Å²) in [5, 5.41) is 0. The molecule has 0 aromatic rings. The van der Waals surface area contributed by atoms with Crippen molar-refractivity contribution in [3.8, 4) is 0 Å². The van der Waals surface area contributed by atoms with Crippen LogP contribution in [0.5, 0.6) is 0 Å². The zero-order chi connectivity index (χ0) is 7.61. The maximum Gasteiger partial charge on any atom is 0.206 e. The Bertz CT molecular complexity index is 151. The van der Waals surface area contributed by atoms with E-state index >= 15 is 0 Å². The lowest BCUT2D eigenvalue weighted by atomic mass is 10.1. The molecule has 0 amide bonds. The van der Waals surface area contributed by atoms with E-state index in [0.29, 0.717) is 0 Å². The molecule has 58 valence electrons. The van der Waals surface area contributed by atoms with Crippen LogP contribution >= 0.6 is 0 Å². The Labute approximate surface area is 61.8 Å². The second-order valence-corrected chi connectivity index (χ2v) is 2.92. The van der Waals surface area contributed by atoms with Crippen molar-refractivity contribution in [3.05, 3.63) is 11.8 Å². The van der Waals surface area contributed by atoms with E-state index in [0.717, 1.165) is 12.8 Å². The fourth-order valence-electron chi connectivity index (χ4n) is 0.917. The molecule has 1 rings (SSSR count).